The number of hydrogen-bond donors (Lipinski definition) is 1. The van der Waals surface area contributed by atoms with E-state index in [2.05, 4.69) is 10.3 Å². The quantitative estimate of drug-likeness (QED) is 0.916. The SMILES string of the molecule is CNC(=O)c1ccc(O[C@]2(C)CCN(C(=O)OC(C)(C)C)C2)cn1. The van der Waals surface area contributed by atoms with Crippen LogP contribution in [0.4, 0.5) is 4.79 Å². The number of carbonyl (C=O) groups is 2. The van der Waals surface area contributed by atoms with Crippen molar-refractivity contribution >= 4 is 12.0 Å². The van der Waals surface area contributed by atoms with Crippen LogP contribution < -0.4 is 10.1 Å². The average molecular weight is 335 g/mol. The molecule has 1 N–H and O–H groups in total. The van der Waals surface area contributed by atoms with E-state index in [-0.39, 0.29) is 12.0 Å². The first-order valence-electron chi connectivity index (χ1n) is 7.97. The van der Waals surface area contributed by atoms with Gasteiger partial charge in [-0.25, -0.2) is 9.78 Å². The summed E-state index contributed by atoms with van der Waals surface area (Å²) in [5.74, 6) is 0.320. The van der Waals surface area contributed by atoms with Crippen LogP contribution in [0, 0.1) is 0 Å². The summed E-state index contributed by atoms with van der Waals surface area (Å²) in [7, 11) is 1.55. The lowest BCUT2D eigenvalue weighted by atomic mass is 10.1. The van der Waals surface area contributed by atoms with Crippen molar-refractivity contribution in [3.05, 3.63) is 24.0 Å². The molecule has 2 rings (SSSR count). The van der Waals surface area contributed by atoms with Gasteiger partial charge in [0.2, 0.25) is 0 Å². The van der Waals surface area contributed by atoms with E-state index >= 15 is 0 Å². The minimum Gasteiger partial charge on any atom is -0.484 e. The molecule has 1 aromatic heterocycles. The van der Waals surface area contributed by atoms with Crippen molar-refractivity contribution < 1.29 is 19.1 Å². The highest BCUT2D eigenvalue weighted by molar-refractivity contribution is 5.91. The van der Waals surface area contributed by atoms with Gasteiger partial charge in [0.05, 0.1) is 12.7 Å². The molecular weight excluding hydrogens is 310 g/mol. The van der Waals surface area contributed by atoms with Crippen LogP contribution in [-0.2, 0) is 4.74 Å². The zero-order valence-corrected chi connectivity index (χ0v) is 14.9. The van der Waals surface area contributed by atoms with E-state index in [0.717, 1.165) is 0 Å². The van der Waals surface area contributed by atoms with E-state index in [9.17, 15) is 9.59 Å². The Morgan fingerprint density at radius 3 is 2.58 bits per heavy atom. The largest absolute Gasteiger partial charge is 0.484 e. The van der Waals surface area contributed by atoms with Gasteiger partial charge >= 0.3 is 6.09 Å². The van der Waals surface area contributed by atoms with Crippen LogP contribution in [-0.4, -0.2) is 53.2 Å². The third-order valence-electron chi connectivity index (χ3n) is 3.65. The molecule has 1 saturated heterocycles. The minimum atomic E-state index is -0.517. The molecule has 2 heterocycles. The highest BCUT2D eigenvalue weighted by Gasteiger charge is 2.39. The summed E-state index contributed by atoms with van der Waals surface area (Å²) in [6.07, 6.45) is 1.89. The molecule has 1 aliphatic rings. The molecule has 132 valence electrons. The van der Waals surface area contributed by atoms with Gasteiger partial charge in [-0.15, -0.1) is 0 Å². The summed E-state index contributed by atoms with van der Waals surface area (Å²) < 4.78 is 11.4. The zero-order valence-electron chi connectivity index (χ0n) is 14.9. The zero-order chi connectivity index (χ0) is 18.0. The number of nitrogens with zero attached hydrogens (tertiary/aromatic N) is 2. The second-order valence-corrected chi connectivity index (χ2v) is 7.16. The third kappa shape index (κ3) is 4.59. The fourth-order valence-corrected chi connectivity index (χ4v) is 2.49. The first kappa shape index (κ1) is 18.0. The van der Waals surface area contributed by atoms with Gasteiger partial charge < -0.3 is 19.7 Å². The van der Waals surface area contributed by atoms with Crippen molar-refractivity contribution in [2.75, 3.05) is 20.1 Å². The predicted molar refractivity (Wildman–Crippen MR) is 89.1 cm³/mol. The van der Waals surface area contributed by atoms with E-state index in [1.54, 1.807) is 24.1 Å². The Morgan fingerprint density at radius 1 is 1.33 bits per heavy atom. The molecule has 0 spiro atoms. The van der Waals surface area contributed by atoms with Crippen molar-refractivity contribution in [2.24, 2.45) is 0 Å². The number of pyridine rings is 1. The molecule has 0 aliphatic carbocycles. The van der Waals surface area contributed by atoms with Gasteiger partial charge in [-0.2, -0.15) is 0 Å². The van der Waals surface area contributed by atoms with Crippen LogP contribution in [0.15, 0.2) is 18.3 Å². The van der Waals surface area contributed by atoms with Crippen LogP contribution in [0.5, 0.6) is 5.75 Å². The lowest BCUT2D eigenvalue weighted by Crippen LogP contribution is -2.40. The Hall–Kier alpha value is -2.31. The van der Waals surface area contributed by atoms with Crippen molar-refractivity contribution in [1.29, 1.82) is 0 Å². The van der Waals surface area contributed by atoms with E-state index in [4.69, 9.17) is 9.47 Å². The Kier molecular flexibility index (Phi) is 5.01. The van der Waals surface area contributed by atoms with Gasteiger partial charge in [-0.05, 0) is 39.8 Å². The fourth-order valence-electron chi connectivity index (χ4n) is 2.49. The van der Waals surface area contributed by atoms with E-state index < -0.39 is 11.2 Å². The molecule has 0 saturated carbocycles. The number of carbonyl (C=O) groups excluding carboxylic acids is 2. The van der Waals surface area contributed by atoms with Crippen LogP contribution in [0.3, 0.4) is 0 Å². The lowest BCUT2D eigenvalue weighted by Gasteiger charge is -2.27. The summed E-state index contributed by atoms with van der Waals surface area (Å²) in [4.78, 5) is 29.4. The standard InChI is InChI=1S/C17H25N3O4/c1-16(2,3)24-15(22)20-9-8-17(4,11-20)23-12-6-7-13(19-10-12)14(21)18-5/h6-7,10H,8-9,11H2,1-5H3,(H,18,21)/t17-/m1/s1. The molecule has 2 amide bonds. The Balaban J connectivity index is 1.98. The van der Waals surface area contributed by atoms with Crippen molar-refractivity contribution in [3.8, 4) is 5.75 Å². The molecule has 1 aliphatic heterocycles. The second-order valence-electron chi connectivity index (χ2n) is 7.16. The van der Waals surface area contributed by atoms with E-state index in [1.807, 2.05) is 27.7 Å². The molecular formula is C17H25N3O4. The lowest BCUT2D eigenvalue weighted by molar-refractivity contribution is 0.0228. The van der Waals surface area contributed by atoms with Gasteiger partial charge in [0, 0.05) is 20.0 Å². The van der Waals surface area contributed by atoms with Gasteiger partial charge in [-0.3, -0.25) is 4.79 Å². The first-order valence-corrected chi connectivity index (χ1v) is 7.97. The third-order valence-corrected chi connectivity index (χ3v) is 3.65. The maximum atomic E-state index is 12.1. The molecule has 24 heavy (non-hydrogen) atoms. The molecule has 7 nitrogen and oxygen atoms in total. The summed E-state index contributed by atoms with van der Waals surface area (Å²) in [6, 6.07) is 3.32. The van der Waals surface area contributed by atoms with Gasteiger partial charge in [0.1, 0.15) is 22.6 Å². The summed E-state index contributed by atoms with van der Waals surface area (Å²) in [5.41, 5.74) is -0.694. The molecule has 7 heteroatoms. The molecule has 1 fully saturated rings. The smallest absolute Gasteiger partial charge is 0.410 e. The minimum absolute atomic E-state index is 0.246. The van der Waals surface area contributed by atoms with Gasteiger partial charge in [0.15, 0.2) is 0 Å². The van der Waals surface area contributed by atoms with Gasteiger partial charge in [-0.1, -0.05) is 0 Å². The molecule has 1 atom stereocenters. The highest BCUT2D eigenvalue weighted by Crippen LogP contribution is 2.28. The molecule has 0 aromatic carbocycles. The van der Waals surface area contributed by atoms with Crippen molar-refractivity contribution in [1.82, 2.24) is 15.2 Å². The molecule has 0 radical (unpaired) electrons. The van der Waals surface area contributed by atoms with Crippen LogP contribution in [0.1, 0.15) is 44.6 Å². The maximum Gasteiger partial charge on any atom is 0.410 e. The Bertz CT molecular complexity index is 609. The molecule has 0 bridgehead atoms. The van der Waals surface area contributed by atoms with E-state index in [0.29, 0.717) is 31.0 Å². The summed E-state index contributed by atoms with van der Waals surface area (Å²) in [6.45, 7) is 8.50. The number of ether oxygens (including phenoxy) is 2. The number of likely N-dealkylation sites (tertiary alicyclic amines) is 1. The summed E-state index contributed by atoms with van der Waals surface area (Å²) >= 11 is 0. The molecule has 1 aromatic rings. The maximum absolute atomic E-state index is 12.1. The number of amides is 2. The van der Waals surface area contributed by atoms with Crippen molar-refractivity contribution in [2.45, 2.75) is 45.3 Å². The van der Waals surface area contributed by atoms with E-state index in [1.165, 1.54) is 6.20 Å². The monoisotopic (exact) mass is 335 g/mol. The van der Waals surface area contributed by atoms with Crippen LogP contribution >= 0.6 is 0 Å². The number of nitrogens with one attached hydrogen (secondary N) is 1. The van der Waals surface area contributed by atoms with Crippen LogP contribution in [0.2, 0.25) is 0 Å². The Morgan fingerprint density at radius 2 is 2.04 bits per heavy atom. The number of rotatable bonds is 3. The average Bonchev–Trinajstić information content (AvgIpc) is 2.88. The summed E-state index contributed by atoms with van der Waals surface area (Å²) in [5, 5.41) is 2.52. The topological polar surface area (TPSA) is 80.8 Å². The normalized spacial score (nSPS) is 20.6. The molecule has 0 unspecified atom stereocenters. The fraction of sp³-hybridized carbons (Fsp3) is 0.588. The first-order chi connectivity index (χ1) is 11.1. The predicted octanol–water partition coefficient (Wildman–Crippen LogP) is 2.22. The number of hydrogen-bond acceptors (Lipinski definition) is 5. The Labute approximate surface area is 142 Å². The van der Waals surface area contributed by atoms with Gasteiger partial charge in [0.25, 0.3) is 5.91 Å². The number of aromatic nitrogens is 1. The van der Waals surface area contributed by atoms with Crippen LogP contribution in [0.25, 0.3) is 0 Å². The van der Waals surface area contributed by atoms with Crippen molar-refractivity contribution in [3.63, 3.8) is 0 Å². The second kappa shape index (κ2) is 6.67. The highest BCUT2D eigenvalue weighted by atomic mass is 16.6.